The molecule has 1 amide bonds. The number of aromatic nitrogens is 3. The number of likely N-dealkylation sites (N-methyl/N-ethyl adjacent to an activating group) is 1. The molecule has 8 heteroatoms. The van der Waals surface area contributed by atoms with Gasteiger partial charge in [-0.25, -0.2) is 0 Å². The van der Waals surface area contributed by atoms with Gasteiger partial charge >= 0.3 is 0 Å². The molecule has 8 nitrogen and oxygen atoms in total. The lowest BCUT2D eigenvalue weighted by Crippen LogP contribution is -2.49. The van der Waals surface area contributed by atoms with E-state index in [0.717, 1.165) is 30.9 Å². The lowest BCUT2D eigenvalue weighted by atomic mass is 10.1. The molecule has 4 rings (SSSR count). The van der Waals surface area contributed by atoms with Crippen LogP contribution in [0.1, 0.15) is 46.9 Å². The van der Waals surface area contributed by atoms with Gasteiger partial charge in [0.25, 0.3) is 5.91 Å². The van der Waals surface area contributed by atoms with Crippen molar-refractivity contribution in [2.45, 2.75) is 24.8 Å². The lowest BCUT2D eigenvalue weighted by Gasteiger charge is -2.37. The number of rotatable bonds is 4. The highest BCUT2D eigenvalue weighted by atomic mass is 16.5. The summed E-state index contributed by atoms with van der Waals surface area (Å²) in [5.74, 6) is 1.85. The van der Waals surface area contributed by atoms with Crippen molar-refractivity contribution in [1.29, 1.82) is 0 Å². The third-order valence-electron chi connectivity index (χ3n) is 5.13. The van der Waals surface area contributed by atoms with Crippen LogP contribution in [0.2, 0.25) is 0 Å². The molecule has 1 unspecified atom stereocenters. The van der Waals surface area contributed by atoms with Gasteiger partial charge < -0.3 is 14.3 Å². The number of pyridine rings is 1. The van der Waals surface area contributed by atoms with Crippen LogP contribution >= 0.6 is 0 Å². The topological polar surface area (TPSA) is 78.6 Å². The van der Waals surface area contributed by atoms with E-state index in [2.05, 4.69) is 20.0 Å². The molecular weight excluding hydrogens is 332 g/mol. The largest absolute Gasteiger partial charge is 0.377 e. The Balaban J connectivity index is 1.55. The minimum atomic E-state index is -0.0767. The maximum Gasteiger partial charge on any atom is 0.257 e. The van der Waals surface area contributed by atoms with Crippen LogP contribution in [0.4, 0.5) is 5.69 Å². The molecule has 2 aliphatic rings. The van der Waals surface area contributed by atoms with Crippen molar-refractivity contribution < 1.29 is 9.32 Å². The van der Waals surface area contributed by atoms with E-state index in [1.165, 1.54) is 0 Å². The summed E-state index contributed by atoms with van der Waals surface area (Å²) in [5, 5.41) is 4.12. The van der Waals surface area contributed by atoms with Crippen LogP contribution in [0.25, 0.3) is 0 Å². The smallest absolute Gasteiger partial charge is 0.257 e. The van der Waals surface area contributed by atoms with Crippen LogP contribution < -0.4 is 4.90 Å². The second-order valence-electron chi connectivity index (χ2n) is 7.30. The van der Waals surface area contributed by atoms with Gasteiger partial charge in [-0.15, -0.1) is 0 Å². The van der Waals surface area contributed by atoms with Gasteiger partial charge in [0, 0.05) is 52.0 Å². The monoisotopic (exact) mass is 356 g/mol. The van der Waals surface area contributed by atoms with Gasteiger partial charge in [0.05, 0.1) is 11.3 Å². The molecule has 1 aliphatic carbocycles. The number of anilines is 1. The summed E-state index contributed by atoms with van der Waals surface area (Å²) in [6, 6.07) is 1.79. The number of carbonyl (C=O) groups excluding carboxylic acids is 1. The Morgan fingerprint density at radius 1 is 1.31 bits per heavy atom. The molecule has 1 saturated carbocycles. The minimum absolute atomic E-state index is 0.0122. The summed E-state index contributed by atoms with van der Waals surface area (Å²) >= 11 is 0. The molecule has 2 aromatic rings. The van der Waals surface area contributed by atoms with Crippen LogP contribution in [-0.2, 0) is 0 Å². The van der Waals surface area contributed by atoms with Crippen molar-refractivity contribution in [2.75, 3.05) is 45.7 Å². The number of amides is 1. The molecule has 2 aromatic heterocycles. The van der Waals surface area contributed by atoms with Crippen LogP contribution in [-0.4, -0.2) is 71.6 Å². The molecule has 3 heterocycles. The summed E-state index contributed by atoms with van der Waals surface area (Å²) in [7, 11) is 5.89. The van der Waals surface area contributed by atoms with E-state index in [4.69, 9.17) is 4.52 Å². The Bertz CT molecular complexity index is 800. The van der Waals surface area contributed by atoms with Crippen LogP contribution in [0.3, 0.4) is 0 Å². The Kier molecular flexibility index (Phi) is 4.36. The fourth-order valence-electron chi connectivity index (χ4n) is 3.33. The summed E-state index contributed by atoms with van der Waals surface area (Å²) in [6.45, 7) is 1.95. The summed E-state index contributed by atoms with van der Waals surface area (Å²) in [6.07, 6.45) is 5.62. The maximum absolute atomic E-state index is 13.1. The Labute approximate surface area is 152 Å². The zero-order valence-corrected chi connectivity index (χ0v) is 15.4. The molecule has 26 heavy (non-hydrogen) atoms. The first-order valence-corrected chi connectivity index (χ1v) is 8.99. The Morgan fingerprint density at radius 2 is 2.12 bits per heavy atom. The van der Waals surface area contributed by atoms with Crippen LogP contribution in [0, 0.1) is 0 Å². The molecule has 138 valence electrons. The SMILES string of the molecule is CN(C)c1ccncc1C(=O)N1CCN(C)C(c2nc(C3CC3)no2)C1. The Morgan fingerprint density at radius 3 is 2.85 bits per heavy atom. The molecule has 0 spiro atoms. The van der Waals surface area contributed by atoms with Crippen molar-refractivity contribution >= 4 is 11.6 Å². The number of carbonyl (C=O) groups is 1. The van der Waals surface area contributed by atoms with Crippen molar-refractivity contribution in [3.63, 3.8) is 0 Å². The average molecular weight is 356 g/mol. The van der Waals surface area contributed by atoms with Crippen LogP contribution in [0.15, 0.2) is 23.0 Å². The molecular formula is C18H24N6O2. The first-order chi connectivity index (χ1) is 12.5. The lowest BCUT2D eigenvalue weighted by molar-refractivity contribution is 0.0489. The van der Waals surface area contributed by atoms with Gasteiger partial charge in [-0.1, -0.05) is 5.16 Å². The zero-order valence-electron chi connectivity index (χ0n) is 15.4. The predicted molar refractivity (Wildman–Crippen MR) is 96.1 cm³/mol. The van der Waals surface area contributed by atoms with E-state index >= 15 is 0 Å². The van der Waals surface area contributed by atoms with E-state index in [9.17, 15) is 4.79 Å². The molecule has 1 aliphatic heterocycles. The minimum Gasteiger partial charge on any atom is -0.377 e. The van der Waals surface area contributed by atoms with Crippen molar-refractivity contribution in [3.8, 4) is 0 Å². The molecule has 0 radical (unpaired) electrons. The quantitative estimate of drug-likeness (QED) is 0.822. The van der Waals surface area contributed by atoms with E-state index in [1.54, 1.807) is 12.4 Å². The fourth-order valence-corrected chi connectivity index (χ4v) is 3.33. The molecule has 2 fully saturated rings. The van der Waals surface area contributed by atoms with E-state index in [0.29, 0.717) is 30.5 Å². The maximum atomic E-state index is 13.1. The van der Waals surface area contributed by atoms with E-state index in [1.807, 2.05) is 37.0 Å². The summed E-state index contributed by atoms with van der Waals surface area (Å²) < 4.78 is 5.51. The van der Waals surface area contributed by atoms with Gasteiger partial charge in [0.15, 0.2) is 5.82 Å². The van der Waals surface area contributed by atoms with E-state index < -0.39 is 0 Å². The van der Waals surface area contributed by atoms with Gasteiger partial charge in [-0.05, 0) is 26.0 Å². The third-order valence-corrected chi connectivity index (χ3v) is 5.13. The first-order valence-electron chi connectivity index (χ1n) is 8.99. The number of hydrogen-bond acceptors (Lipinski definition) is 7. The summed E-state index contributed by atoms with van der Waals surface area (Å²) in [5.41, 5.74) is 1.49. The van der Waals surface area contributed by atoms with Crippen molar-refractivity contribution in [2.24, 2.45) is 0 Å². The van der Waals surface area contributed by atoms with Gasteiger partial charge in [-0.2, -0.15) is 4.98 Å². The average Bonchev–Trinajstić information content (AvgIpc) is 3.39. The van der Waals surface area contributed by atoms with Gasteiger partial charge in [-0.3, -0.25) is 14.7 Å². The van der Waals surface area contributed by atoms with E-state index in [-0.39, 0.29) is 11.9 Å². The molecule has 0 bridgehead atoms. The second-order valence-corrected chi connectivity index (χ2v) is 7.30. The third kappa shape index (κ3) is 3.16. The molecule has 0 aromatic carbocycles. The predicted octanol–water partition coefficient (Wildman–Crippen LogP) is 1.54. The normalized spacial score (nSPS) is 21.0. The van der Waals surface area contributed by atoms with Crippen LogP contribution in [0.5, 0.6) is 0 Å². The highest BCUT2D eigenvalue weighted by Crippen LogP contribution is 2.39. The molecule has 1 atom stereocenters. The first kappa shape index (κ1) is 17.0. The number of piperazine rings is 1. The van der Waals surface area contributed by atoms with Gasteiger partial charge in [0.1, 0.15) is 6.04 Å². The van der Waals surface area contributed by atoms with Crippen molar-refractivity contribution in [1.82, 2.24) is 24.9 Å². The number of hydrogen-bond donors (Lipinski definition) is 0. The van der Waals surface area contributed by atoms with Crippen molar-refractivity contribution in [3.05, 3.63) is 35.7 Å². The summed E-state index contributed by atoms with van der Waals surface area (Å²) in [4.78, 5) is 27.8. The standard InChI is InChI=1S/C18H24N6O2/c1-22(2)14-6-7-19-10-13(14)18(25)24-9-8-23(3)15(11-24)17-20-16(21-26-17)12-4-5-12/h6-7,10,12,15H,4-5,8-9,11H2,1-3H3. The zero-order chi connectivity index (χ0) is 18.3. The highest BCUT2D eigenvalue weighted by molar-refractivity contribution is 5.99. The second kappa shape index (κ2) is 6.68. The highest BCUT2D eigenvalue weighted by Gasteiger charge is 2.35. The molecule has 1 saturated heterocycles. The van der Waals surface area contributed by atoms with Gasteiger partial charge in [0.2, 0.25) is 5.89 Å². The molecule has 0 N–H and O–H groups in total. The number of nitrogens with zero attached hydrogens (tertiary/aromatic N) is 6. The Hall–Kier alpha value is -2.48. The fraction of sp³-hybridized carbons (Fsp3) is 0.556.